The van der Waals surface area contributed by atoms with Crippen molar-refractivity contribution in [1.29, 1.82) is 0 Å². The molecule has 2 atom stereocenters. The first kappa shape index (κ1) is 13.2. The Hall–Kier alpha value is -1.77. The van der Waals surface area contributed by atoms with E-state index in [1.807, 2.05) is 30.3 Å². The number of aliphatic carboxylic acids is 1. The normalized spacial score (nSPS) is 25.7. The van der Waals surface area contributed by atoms with Gasteiger partial charge in [0.15, 0.2) is 0 Å². The second-order valence-electron chi connectivity index (χ2n) is 6.64. The smallest absolute Gasteiger partial charge is 0.307 e. The van der Waals surface area contributed by atoms with E-state index in [1.54, 1.807) is 0 Å². The minimum Gasteiger partial charge on any atom is -0.481 e. The molecule has 0 saturated heterocycles. The molecule has 1 aliphatic rings. The number of carbonyl (C=O) groups is 1. The fourth-order valence-corrected chi connectivity index (χ4v) is 3.37. The quantitative estimate of drug-likeness (QED) is 0.880. The van der Waals surface area contributed by atoms with Crippen molar-refractivity contribution in [2.24, 2.45) is 11.3 Å². The molecule has 106 valence electrons. The lowest BCUT2D eigenvalue weighted by molar-refractivity contribution is -0.144. The Morgan fingerprint density at radius 2 is 2.10 bits per heavy atom. The third kappa shape index (κ3) is 2.33. The maximum absolute atomic E-state index is 11.5. The molecular formula is C17H20O3. The Labute approximate surface area is 118 Å². The van der Waals surface area contributed by atoms with Gasteiger partial charge in [0.2, 0.25) is 0 Å². The number of carboxylic acid groups (broad SMARTS) is 1. The van der Waals surface area contributed by atoms with E-state index in [2.05, 4.69) is 13.8 Å². The van der Waals surface area contributed by atoms with Gasteiger partial charge in [0.1, 0.15) is 11.3 Å². The van der Waals surface area contributed by atoms with E-state index in [-0.39, 0.29) is 17.3 Å². The highest BCUT2D eigenvalue weighted by Gasteiger charge is 2.40. The summed E-state index contributed by atoms with van der Waals surface area (Å²) in [6.07, 6.45) is 2.55. The van der Waals surface area contributed by atoms with Crippen molar-refractivity contribution in [3.05, 3.63) is 36.1 Å². The van der Waals surface area contributed by atoms with Gasteiger partial charge in [0.25, 0.3) is 0 Å². The van der Waals surface area contributed by atoms with Gasteiger partial charge < -0.3 is 9.52 Å². The Morgan fingerprint density at radius 1 is 1.35 bits per heavy atom. The second kappa shape index (κ2) is 4.65. The largest absolute Gasteiger partial charge is 0.481 e. The summed E-state index contributed by atoms with van der Waals surface area (Å²) in [5, 5.41) is 10.5. The third-order valence-electron chi connectivity index (χ3n) is 4.52. The molecule has 0 aliphatic heterocycles. The lowest BCUT2D eigenvalue weighted by Gasteiger charge is -2.38. The zero-order valence-electron chi connectivity index (χ0n) is 11.9. The molecule has 3 heteroatoms. The molecule has 1 aromatic heterocycles. The first-order chi connectivity index (χ1) is 9.46. The topological polar surface area (TPSA) is 50.4 Å². The summed E-state index contributed by atoms with van der Waals surface area (Å²) in [5.74, 6) is -0.232. The van der Waals surface area contributed by atoms with Crippen LogP contribution in [0.1, 0.15) is 44.8 Å². The standard InChI is InChI=1S/C17H20O3/c1-17(2)8-7-12(16(18)19)13(10-17)15-9-11-5-3-4-6-14(11)20-15/h3-6,9,12-13H,7-8,10H2,1-2H3,(H,18,19). The summed E-state index contributed by atoms with van der Waals surface area (Å²) < 4.78 is 5.92. The van der Waals surface area contributed by atoms with E-state index in [0.717, 1.165) is 36.0 Å². The Bertz CT molecular complexity index is 605. The maximum atomic E-state index is 11.5. The molecule has 1 aromatic carbocycles. The van der Waals surface area contributed by atoms with Gasteiger partial charge in [-0.3, -0.25) is 4.79 Å². The highest BCUT2D eigenvalue weighted by atomic mass is 16.4. The van der Waals surface area contributed by atoms with E-state index in [0.29, 0.717) is 0 Å². The van der Waals surface area contributed by atoms with Crippen LogP contribution in [0, 0.1) is 11.3 Å². The molecule has 1 saturated carbocycles. The van der Waals surface area contributed by atoms with Crippen LogP contribution in [0.3, 0.4) is 0 Å². The van der Waals surface area contributed by atoms with Gasteiger partial charge in [-0.15, -0.1) is 0 Å². The number of hydrogen-bond acceptors (Lipinski definition) is 2. The molecular weight excluding hydrogens is 252 g/mol. The number of carboxylic acids is 1. The number of furan rings is 1. The monoisotopic (exact) mass is 272 g/mol. The molecule has 0 spiro atoms. The van der Waals surface area contributed by atoms with E-state index < -0.39 is 5.97 Å². The minimum absolute atomic E-state index is 0.0244. The highest BCUT2D eigenvalue weighted by molar-refractivity contribution is 5.78. The summed E-state index contributed by atoms with van der Waals surface area (Å²) in [6.45, 7) is 4.42. The Kier molecular flexibility index (Phi) is 3.08. The number of hydrogen-bond donors (Lipinski definition) is 1. The first-order valence-corrected chi connectivity index (χ1v) is 7.17. The number of rotatable bonds is 2. The number of benzene rings is 1. The lowest BCUT2D eigenvalue weighted by Crippen LogP contribution is -2.32. The first-order valence-electron chi connectivity index (χ1n) is 7.17. The predicted molar refractivity (Wildman–Crippen MR) is 77.7 cm³/mol. The lowest BCUT2D eigenvalue weighted by atomic mass is 9.66. The molecule has 1 aliphatic carbocycles. The summed E-state index contributed by atoms with van der Waals surface area (Å²) in [5.41, 5.74) is 1.02. The van der Waals surface area contributed by atoms with Crippen LogP contribution in [0.5, 0.6) is 0 Å². The van der Waals surface area contributed by atoms with Crippen molar-refractivity contribution >= 4 is 16.9 Å². The fourth-order valence-electron chi connectivity index (χ4n) is 3.37. The zero-order chi connectivity index (χ0) is 14.3. The van der Waals surface area contributed by atoms with E-state index in [9.17, 15) is 9.90 Å². The van der Waals surface area contributed by atoms with Crippen LogP contribution in [0.25, 0.3) is 11.0 Å². The average Bonchev–Trinajstić information content (AvgIpc) is 2.80. The van der Waals surface area contributed by atoms with E-state index in [1.165, 1.54) is 0 Å². The zero-order valence-corrected chi connectivity index (χ0v) is 11.9. The van der Waals surface area contributed by atoms with Crippen LogP contribution in [0.4, 0.5) is 0 Å². The summed E-state index contributed by atoms with van der Waals surface area (Å²) in [4.78, 5) is 11.5. The summed E-state index contributed by atoms with van der Waals surface area (Å²) >= 11 is 0. The average molecular weight is 272 g/mol. The van der Waals surface area contributed by atoms with Gasteiger partial charge in [-0.05, 0) is 36.8 Å². The summed E-state index contributed by atoms with van der Waals surface area (Å²) in [6, 6.07) is 9.86. The minimum atomic E-state index is -0.703. The van der Waals surface area contributed by atoms with Gasteiger partial charge in [-0.2, -0.15) is 0 Å². The van der Waals surface area contributed by atoms with Gasteiger partial charge in [-0.1, -0.05) is 32.0 Å². The highest BCUT2D eigenvalue weighted by Crippen LogP contribution is 2.47. The fraction of sp³-hybridized carbons (Fsp3) is 0.471. The molecule has 3 rings (SSSR count). The molecule has 0 radical (unpaired) electrons. The van der Waals surface area contributed by atoms with Gasteiger partial charge >= 0.3 is 5.97 Å². The summed E-state index contributed by atoms with van der Waals surface area (Å²) in [7, 11) is 0. The van der Waals surface area contributed by atoms with Crippen LogP contribution in [0.15, 0.2) is 34.7 Å². The molecule has 2 aromatic rings. The molecule has 1 heterocycles. The molecule has 0 bridgehead atoms. The Balaban J connectivity index is 2.01. The van der Waals surface area contributed by atoms with Crippen LogP contribution in [-0.2, 0) is 4.79 Å². The molecule has 1 N–H and O–H groups in total. The third-order valence-corrected chi connectivity index (χ3v) is 4.52. The van der Waals surface area contributed by atoms with Crippen LogP contribution in [0.2, 0.25) is 0 Å². The SMILES string of the molecule is CC1(C)CCC(C(=O)O)C(c2cc3ccccc3o2)C1. The van der Waals surface area contributed by atoms with E-state index in [4.69, 9.17) is 4.42 Å². The van der Waals surface area contributed by atoms with E-state index >= 15 is 0 Å². The van der Waals surface area contributed by atoms with Crippen molar-refractivity contribution in [3.63, 3.8) is 0 Å². The molecule has 3 nitrogen and oxygen atoms in total. The molecule has 1 fully saturated rings. The van der Waals surface area contributed by atoms with Crippen LogP contribution in [-0.4, -0.2) is 11.1 Å². The van der Waals surface area contributed by atoms with Gasteiger partial charge in [0.05, 0.1) is 5.92 Å². The second-order valence-corrected chi connectivity index (χ2v) is 6.64. The van der Waals surface area contributed by atoms with Gasteiger partial charge in [-0.25, -0.2) is 0 Å². The molecule has 0 amide bonds. The van der Waals surface area contributed by atoms with Crippen molar-refractivity contribution in [2.45, 2.75) is 39.0 Å². The van der Waals surface area contributed by atoms with Crippen molar-refractivity contribution in [1.82, 2.24) is 0 Å². The number of fused-ring (bicyclic) bond motifs is 1. The van der Waals surface area contributed by atoms with Gasteiger partial charge in [0, 0.05) is 11.3 Å². The molecule has 20 heavy (non-hydrogen) atoms. The Morgan fingerprint density at radius 3 is 2.80 bits per heavy atom. The maximum Gasteiger partial charge on any atom is 0.307 e. The number of para-hydroxylation sites is 1. The molecule has 2 unspecified atom stereocenters. The predicted octanol–water partition coefficient (Wildman–Crippen LogP) is 4.43. The van der Waals surface area contributed by atoms with Crippen LogP contribution < -0.4 is 0 Å². The van der Waals surface area contributed by atoms with Crippen molar-refractivity contribution in [3.8, 4) is 0 Å². The van der Waals surface area contributed by atoms with Crippen molar-refractivity contribution in [2.75, 3.05) is 0 Å². The van der Waals surface area contributed by atoms with Crippen LogP contribution >= 0.6 is 0 Å². The van der Waals surface area contributed by atoms with Crippen molar-refractivity contribution < 1.29 is 14.3 Å².